The van der Waals surface area contributed by atoms with E-state index in [0.29, 0.717) is 0 Å². The van der Waals surface area contributed by atoms with E-state index in [1.165, 1.54) is 11.1 Å². The molecule has 0 fully saturated rings. The van der Waals surface area contributed by atoms with Gasteiger partial charge in [0.1, 0.15) is 0 Å². The molecule has 0 radical (unpaired) electrons. The summed E-state index contributed by atoms with van der Waals surface area (Å²) < 4.78 is 0. The molecule has 0 saturated carbocycles. The average Bonchev–Trinajstić information content (AvgIpc) is 2.17. The number of benzene rings is 1. The monoisotopic (exact) mass is 155 g/mol. The molecule has 1 aliphatic carbocycles. The van der Waals surface area contributed by atoms with E-state index >= 15 is 0 Å². The quantitative estimate of drug-likeness (QED) is 0.563. The normalized spacial score (nSPS) is 14.4. The van der Waals surface area contributed by atoms with Gasteiger partial charge in [0.25, 0.3) is 0 Å². The minimum atomic E-state index is 0.812. The molecule has 0 amide bonds. The largest absolute Gasteiger partial charge is 0.193 e. The van der Waals surface area contributed by atoms with E-state index in [0.717, 1.165) is 18.4 Å². The fraction of sp³-hybridized carbons (Fsp3) is 0.182. The van der Waals surface area contributed by atoms with Crippen molar-refractivity contribution in [1.82, 2.24) is 0 Å². The van der Waals surface area contributed by atoms with Crippen molar-refractivity contribution < 1.29 is 0 Å². The first kappa shape index (κ1) is 7.12. The third kappa shape index (κ3) is 1.12. The predicted octanol–water partition coefficient (Wildman–Crippen LogP) is 2.24. The van der Waals surface area contributed by atoms with E-state index < -0.39 is 0 Å². The van der Waals surface area contributed by atoms with Gasteiger partial charge < -0.3 is 0 Å². The Labute approximate surface area is 72.0 Å². The van der Waals surface area contributed by atoms with Crippen LogP contribution in [0.15, 0.2) is 35.9 Å². The maximum Gasteiger partial charge on any atom is 0.0947 e. The predicted molar refractivity (Wildman–Crippen MR) is 47.5 cm³/mol. The van der Waals surface area contributed by atoms with Gasteiger partial charge in [-0.3, -0.25) is 0 Å². The summed E-state index contributed by atoms with van der Waals surface area (Å²) in [6.45, 7) is 0. The second-order valence-corrected chi connectivity index (χ2v) is 2.99. The molecule has 0 bridgehead atoms. The number of hydrogen-bond donors (Lipinski definition) is 0. The highest BCUT2D eigenvalue weighted by Crippen LogP contribution is 2.19. The second-order valence-electron chi connectivity index (χ2n) is 2.99. The van der Waals surface area contributed by atoms with Crippen molar-refractivity contribution in [3.05, 3.63) is 47.0 Å². The summed E-state index contributed by atoms with van der Waals surface area (Å²) in [6.07, 6.45) is 3.74. The van der Waals surface area contributed by atoms with Gasteiger partial charge in [-0.25, -0.2) is 0 Å². The van der Waals surface area contributed by atoms with E-state index in [1.807, 2.05) is 18.2 Å². The lowest BCUT2D eigenvalue weighted by atomic mass is 9.92. The van der Waals surface area contributed by atoms with Crippen LogP contribution >= 0.6 is 0 Å². The van der Waals surface area contributed by atoms with Crippen LogP contribution in [-0.2, 0) is 12.8 Å². The van der Waals surface area contributed by atoms with Gasteiger partial charge in [-0.05, 0) is 17.5 Å². The average molecular weight is 155 g/mol. The summed E-state index contributed by atoms with van der Waals surface area (Å²) in [5.74, 6) is 0. The Balaban J connectivity index is 2.38. The second kappa shape index (κ2) is 2.83. The summed E-state index contributed by atoms with van der Waals surface area (Å²) in [6, 6.07) is 10.5. The van der Waals surface area contributed by atoms with Crippen molar-refractivity contribution >= 4 is 0 Å². The van der Waals surface area contributed by atoms with Crippen LogP contribution in [0.3, 0.4) is 0 Å². The number of nitrogens with zero attached hydrogens (tertiary/aromatic N) is 1. The van der Waals surface area contributed by atoms with Crippen molar-refractivity contribution in [2.45, 2.75) is 12.8 Å². The number of allylic oxidation sites excluding steroid dienone is 2. The van der Waals surface area contributed by atoms with E-state index in [4.69, 9.17) is 5.26 Å². The van der Waals surface area contributed by atoms with Crippen LogP contribution in [0.2, 0.25) is 0 Å². The van der Waals surface area contributed by atoms with Gasteiger partial charge >= 0.3 is 0 Å². The highest BCUT2D eigenvalue weighted by atomic mass is 14.3. The Morgan fingerprint density at radius 3 is 2.67 bits per heavy atom. The van der Waals surface area contributed by atoms with Gasteiger partial charge in [0.2, 0.25) is 0 Å². The molecule has 1 heteroatoms. The molecule has 0 saturated heterocycles. The Morgan fingerprint density at radius 2 is 1.92 bits per heavy atom. The maximum absolute atomic E-state index is 8.70. The minimum absolute atomic E-state index is 0.812. The first-order valence-electron chi connectivity index (χ1n) is 4.06. The topological polar surface area (TPSA) is 23.8 Å². The van der Waals surface area contributed by atoms with Crippen LogP contribution in [0.5, 0.6) is 0 Å². The van der Waals surface area contributed by atoms with Gasteiger partial charge in [-0.1, -0.05) is 30.3 Å². The minimum Gasteiger partial charge on any atom is -0.193 e. The number of hydrogen-bond acceptors (Lipinski definition) is 1. The first-order chi connectivity index (χ1) is 5.90. The molecule has 1 nitrogen and oxygen atoms in total. The molecule has 1 aromatic rings. The molecule has 0 aromatic heterocycles. The van der Waals surface area contributed by atoms with Crippen LogP contribution in [0.1, 0.15) is 11.1 Å². The lowest BCUT2D eigenvalue weighted by molar-refractivity contribution is 1.05. The Bertz CT molecular complexity index is 369. The third-order valence-corrected chi connectivity index (χ3v) is 2.21. The highest BCUT2D eigenvalue weighted by Gasteiger charge is 2.08. The lowest BCUT2D eigenvalue weighted by Gasteiger charge is -2.11. The zero-order valence-corrected chi connectivity index (χ0v) is 6.75. The summed E-state index contributed by atoms with van der Waals surface area (Å²) in [5.41, 5.74) is 3.56. The smallest absolute Gasteiger partial charge is 0.0947 e. The molecular weight excluding hydrogens is 146 g/mol. The van der Waals surface area contributed by atoms with Crippen LogP contribution in [0, 0.1) is 11.3 Å². The maximum atomic E-state index is 8.70. The van der Waals surface area contributed by atoms with Crippen LogP contribution in [0.4, 0.5) is 0 Å². The Morgan fingerprint density at radius 1 is 1.17 bits per heavy atom. The molecule has 12 heavy (non-hydrogen) atoms. The highest BCUT2D eigenvalue weighted by molar-refractivity contribution is 5.40. The molecule has 58 valence electrons. The van der Waals surface area contributed by atoms with Crippen molar-refractivity contribution in [1.29, 1.82) is 5.26 Å². The van der Waals surface area contributed by atoms with Crippen LogP contribution in [-0.4, -0.2) is 0 Å². The Hall–Kier alpha value is -1.55. The van der Waals surface area contributed by atoms with Gasteiger partial charge in [0, 0.05) is 12.0 Å². The first-order valence-corrected chi connectivity index (χ1v) is 4.06. The molecular formula is C11H9N. The molecule has 0 spiro atoms. The van der Waals surface area contributed by atoms with Crippen molar-refractivity contribution in [2.24, 2.45) is 0 Å². The fourth-order valence-corrected chi connectivity index (χ4v) is 1.52. The van der Waals surface area contributed by atoms with Gasteiger partial charge in [0.05, 0.1) is 6.07 Å². The van der Waals surface area contributed by atoms with E-state index in [9.17, 15) is 0 Å². The van der Waals surface area contributed by atoms with Crippen LogP contribution in [0.25, 0.3) is 0 Å². The van der Waals surface area contributed by atoms with Crippen molar-refractivity contribution in [2.75, 3.05) is 0 Å². The van der Waals surface area contributed by atoms with Gasteiger partial charge in [-0.2, -0.15) is 5.26 Å². The van der Waals surface area contributed by atoms with E-state index in [-0.39, 0.29) is 0 Å². The summed E-state index contributed by atoms with van der Waals surface area (Å²) in [5, 5.41) is 8.70. The van der Waals surface area contributed by atoms with Crippen molar-refractivity contribution in [3.8, 4) is 6.07 Å². The molecule has 1 aliphatic rings. The zero-order chi connectivity index (χ0) is 8.39. The van der Waals surface area contributed by atoms with Crippen molar-refractivity contribution in [3.63, 3.8) is 0 Å². The molecule has 0 aliphatic heterocycles. The molecule has 0 unspecified atom stereocenters. The number of nitriles is 1. The van der Waals surface area contributed by atoms with E-state index in [2.05, 4.69) is 18.2 Å². The molecule has 0 atom stereocenters. The Kier molecular flexibility index (Phi) is 1.68. The third-order valence-electron chi connectivity index (χ3n) is 2.21. The lowest BCUT2D eigenvalue weighted by Crippen LogP contribution is -2.00. The number of fused-ring (bicyclic) bond motifs is 1. The SMILES string of the molecule is N#CC1=CCc2ccccc2C1. The van der Waals surface area contributed by atoms with Gasteiger partial charge in [-0.15, -0.1) is 0 Å². The number of rotatable bonds is 0. The summed E-state index contributed by atoms with van der Waals surface area (Å²) in [4.78, 5) is 0. The van der Waals surface area contributed by atoms with Gasteiger partial charge in [0.15, 0.2) is 0 Å². The van der Waals surface area contributed by atoms with Crippen LogP contribution < -0.4 is 0 Å². The standard InChI is InChI=1S/C11H9N/c12-8-9-5-6-10-3-1-2-4-11(10)7-9/h1-5H,6-7H2. The fourth-order valence-electron chi connectivity index (χ4n) is 1.52. The summed E-state index contributed by atoms with van der Waals surface area (Å²) >= 11 is 0. The zero-order valence-electron chi connectivity index (χ0n) is 6.75. The molecule has 1 aromatic carbocycles. The summed E-state index contributed by atoms with van der Waals surface area (Å²) in [7, 11) is 0. The molecule has 0 heterocycles. The molecule has 2 rings (SSSR count). The molecule has 0 N–H and O–H groups in total. The van der Waals surface area contributed by atoms with E-state index in [1.54, 1.807) is 0 Å².